The zero-order valence-electron chi connectivity index (χ0n) is 7.76. The maximum atomic E-state index is 12.7. The molecule has 0 bridgehead atoms. The monoisotopic (exact) mass is 259 g/mol. The molecular weight excluding hydrogens is 249 g/mol. The van der Waals surface area contributed by atoms with Crippen molar-refractivity contribution < 1.29 is 9.18 Å². The molecule has 1 rings (SSSR count). The molecule has 1 unspecified atom stereocenters. The summed E-state index contributed by atoms with van der Waals surface area (Å²) in [6.07, 6.45) is 0.488. The van der Waals surface area contributed by atoms with Gasteiger partial charge in [0.15, 0.2) is 0 Å². The van der Waals surface area contributed by atoms with Crippen LogP contribution >= 0.6 is 15.9 Å². The smallest absolute Gasteiger partial charge is 0.231 e. The first-order chi connectivity index (χ1) is 6.50. The second kappa shape index (κ2) is 4.55. The molecule has 2 N–H and O–H groups in total. The Morgan fingerprint density at radius 2 is 2.29 bits per heavy atom. The average molecular weight is 260 g/mol. The van der Waals surface area contributed by atoms with Crippen LogP contribution in [0.1, 0.15) is 11.1 Å². The van der Waals surface area contributed by atoms with Crippen molar-refractivity contribution in [3.8, 4) is 0 Å². The van der Waals surface area contributed by atoms with Crippen LogP contribution < -0.4 is 5.73 Å². The Morgan fingerprint density at radius 3 is 2.79 bits per heavy atom. The molecule has 1 amide bonds. The first kappa shape index (κ1) is 11.2. The van der Waals surface area contributed by atoms with E-state index in [-0.39, 0.29) is 5.82 Å². The van der Waals surface area contributed by atoms with Crippen LogP contribution in [0.2, 0.25) is 0 Å². The van der Waals surface area contributed by atoms with E-state index in [2.05, 4.69) is 15.9 Å². The van der Waals surface area contributed by atoms with Crippen LogP contribution in [-0.4, -0.2) is 10.7 Å². The van der Waals surface area contributed by atoms with Crippen LogP contribution in [-0.2, 0) is 11.2 Å². The van der Waals surface area contributed by atoms with Gasteiger partial charge in [-0.15, -0.1) is 0 Å². The zero-order valence-corrected chi connectivity index (χ0v) is 9.34. The largest absolute Gasteiger partial charge is 0.369 e. The summed E-state index contributed by atoms with van der Waals surface area (Å²) in [6, 6.07) is 4.49. The van der Waals surface area contributed by atoms with E-state index in [9.17, 15) is 9.18 Å². The van der Waals surface area contributed by atoms with E-state index >= 15 is 0 Å². The summed E-state index contributed by atoms with van der Waals surface area (Å²) in [7, 11) is 0. The first-order valence-electron chi connectivity index (χ1n) is 4.19. The third-order valence-corrected chi connectivity index (χ3v) is 2.79. The molecule has 0 aliphatic rings. The van der Waals surface area contributed by atoms with Crippen molar-refractivity contribution in [2.24, 2.45) is 5.73 Å². The quantitative estimate of drug-likeness (QED) is 0.829. The van der Waals surface area contributed by atoms with E-state index in [0.29, 0.717) is 6.42 Å². The zero-order chi connectivity index (χ0) is 10.7. The lowest BCUT2D eigenvalue weighted by atomic mass is 10.0. The molecule has 1 atom stereocenters. The second-order valence-corrected chi connectivity index (χ2v) is 4.25. The molecule has 0 heterocycles. The Hall–Kier alpha value is -0.900. The maximum Gasteiger partial charge on any atom is 0.231 e. The van der Waals surface area contributed by atoms with Crippen molar-refractivity contribution in [1.29, 1.82) is 0 Å². The van der Waals surface area contributed by atoms with Crippen LogP contribution in [0.25, 0.3) is 0 Å². The Morgan fingerprint density at radius 1 is 1.64 bits per heavy atom. The molecule has 2 nitrogen and oxygen atoms in total. The number of amides is 1. The highest BCUT2D eigenvalue weighted by Crippen LogP contribution is 2.15. The molecule has 14 heavy (non-hydrogen) atoms. The van der Waals surface area contributed by atoms with Gasteiger partial charge < -0.3 is 5.73 Å². The summed E-state index contributed by atoms with van der Waals surface area (Å²) in [5.74, 6) is -0.676. The minimum absolute atomic E-state index is 0.267. The molecule has 0 aliphatic carbocycles. The normalized spacial score (nSPS) is 12.5. The van der Waals surface area contributed by atoms with Gasteiger partial charge in [-0.1, -0.05) is 22.0 Å². The number of halogens is 2. The average Bonchev–Trinajstić information content (AvgIpc) is 2.09. The third kappa shape index (κ3) is 2.80. The number of carbonyl (C=O) groups excluding carboxylic acids is 1. The number of benzene rings is 1. The van der Waals surface area contributed by atoms with Crippen molar-refractivity contribution >= 4 is 21.8 Å². The molecule has 0 saturated heterocycles. The van der Waals surface area contributed by atoms with Gasteiger partial charge in [0.05, 0.1) is 4.83 Å². The molecule has 76 valence electrons. The maximum absolute atomic E-state index is 12.7. The van der Waals surface area contributed by atoms with Crippen LogP contribution in [0.4, 0.5) is 4.39 Å². The van der Waals surface area contributed by atoms with E-state index < -0.39 is 10.7 Å². The highest BCUT2D eigenvalue weighted by atomic mass is 79.9. The fourth-order valence-corrected chi connectivity index (χ4v) is 1.53. The number of carbonyl (C=O) groups is 1. The van der Waals surface area contributed by atoms with E-state index in [0.717, 1.165) is 11.1 Å². The van der Waals surface area contributed by atoms with Crippen molar-refractivity contribution in [3.05, 3.63) is 35.1 Å². The number of hydrogen-bond donors (Lipinski definition) is 1. The fraction of sp³-hybridized carbons (Fsp3) is 0.300. The van der Waals surface area contributed by atoms with E-state index in [4.69, 9.17) is 5.73 Å². The van der Waals surface area contributed by atoms with Crippen LogP contribution in [0.5, 0.6) is 0 Å². The summed E-state index contributed by atoms with van der Waals surface area (Å²) < 4.78 is 12.7. The Bertz CT molecular complexity index is 354. The molecule has 0 radical (unpaired) electrons. The van der Waals surface area contributed by atoms with Crippen LogP contribution in [0.3, 0.4) is 0 Å². The summed E-state index contributed by atoms with van der Waals surface area (Å²) in [4.78, 5) is 10.4. The molecule has 0 spiro atoms. The fourth-order valence-electron chi connectivity index (χ4n) is 1.18. The lowest BCUT2D eigenvalue weighted by molar-refractivity contribution is -0.117. The highest BCUT2D eigenvalue weighted by Gasteiger charge is 2.12. The Labute approximate surface area is 90.4 Å². The third-order valence-electron chi connectivity index (χ3n) is 2.01. The van der Waals surface area contributed by atoms with Crippen molar-refractivity contribution in [2.45, 2.75) is 18.2 Å². The minimum atomic E-state index is -0.409. The van der Waals surface area contributed by atoms with Gasteiger partial charge in [0.2, 0.25) is 5.91 Å². The molecule has 1 aromatic rings. The summed E-state index contributed by atoms with van der Waals surface area (Å²) >= 11 is 3.16. The SMILES string of the molecule is Cc1cc(F)ccc1CC(Br)C(N)=O. The van der Waals surface area contributed by atoms with Crippen molar-refractivity contribution in [1.82, 2.24) is 0 Å². The lowest BCUT2D eigenvalue weighted by Gasteiger charge is -2.08. The van der Waals surface area contributed by atoms with E-state index in [1.807, 2.05) is 0 Å². The van der Waals surface area contributed by atoms with Gasteiger partial charge in [-0.05, 0) is 36.6 Å². The number of aryl methyl sites for hydroxylation is 1. The standard InChI is InChI=1S/C10H11BrFNO/c1-6-4-8(12)3-2-7(6)5-9(11)10(13)14/h2-4,9H,5H2,1H3,(H2,13,14). The van der Waals surface area contributed by atoms with Gasteiger partial charge in [0.1, 0.15) is 5.82 Å². The molecule has 0 fully saturated rings. The van der Waals surface area contributed by atoms with Gasteiger partial charge >= 0.3 is 0 Å². The molecule has 1 aromatic carbocycles. The topological polar surface area (TPSA) is 43.1 Å². The summed E-state index contributed by atoms with van der Waals surface area (Å²) in [5.41, 5.74) is 6.86. The van der Waals surface area contributed by atoms with E-state index in [1.165, 1.54) is 12.1 Å². The van der Waals surface area contributed by atoms with Gasteiger partial charge in [-0.2, -0.15) is 0 Å². The van der Waals surface area contributed by atoms with Crippen molar-refractivity contribution in [2.75, 3.05) is 0 Å². The molecule has 0 aromatic heterocycles. The molecule has 4 heteroatoms. The predicted octanol–water partition coefficient (Wildman–Crippen LogP) is 1.93. The molecule has 0 aliphatic heterocycles. The number of hydrogen-bond acceptors (Lipinski definition) is 1. The van der Waals surface area contributed by atoms with Gasteiger partial charge in [-0.3, -0.25) is 4.79 Å². The lowest BCUT2D eigenvalue weighted by Crippen LogP contribution is -2.25. The highest BCUT2D eigenvalue weighted by molar-refractivity contribution is 9.10. The number of nitrogens with two attached hydrogens (primary N) is 1. The number of alkyl halides is 1. The van der Waals surface area contributed by atoms with Crippen molar-refractivity contribution in [3.63, 3.8) is 0 Å². The Kier molecular flexibility index (Phi) is 3.63. The van der Waals surface area contributed by atoms with Crippen LogP contribution in [0, 0.1) is 12.7 Å². The minimum Gasteiger partial charge on any atom is -0.369 e. The van der Waals surface area contributed by atoms with Crippen LogP contribution in [0.15, 0.2) is 18.2 Å². The second-order valence-electron chi connectivity index (χ2n) is 3.14. The number of primary amides is 1. The summed E-state index contributed by atoms with van der Waals surface area (Å²) in [5, 5.41) is 0. The molecule has 0 saturated carbocycles. The van der Waals surface area contributed by atoms with Gasteiger partial charge in [0.25, 0.3) is 0 Å². The summed E-state index contributed by atoms with van der Waals surface area (Å²) in [6.45, 7) is 1.80. The molecular formula is C10H11BrFNO. The predicted molar refractivity (Wildman–Crippen MR) is 56.8 cm³/mol. The Balaban J connectivity index is 2.82. The van der Waals surface area contributed by atoms with Gasteiger partial charge in [-0.25, -0.2) is 4.39 Å². The van der Waals surface area contributed by atoms with E-state index in [1.54, 1.807) is 13.0 Å². The number of rotatable bonds is 3. The van der Waals surface area contributed by atoms with Gasteiger partial charge in [0, 0.05) is 0 Å². The first-order valence-corrected chi connectivity index (χ1v) is 5.10.